The van der Waals surface area contributed by atoms with Crippen LogP contribution in [0.15, 0.2) is 18.2 Å². The minimum Gasteiger partial charge on any atom is -0.398 e. The highest BCUT2D eigenvalue weighted by atomic mass is 35.5. The van der Waals surface area contributed by atoms with E-state index in [1.807, 2.05) is 16.8 Å². The first-order valence-corrected chi connectivity index (χ1v) is 6.87. The summed E-state index contributed by atoms with van der Waals surface area (Å²) in [5, 5.41) is 12.5. The molecule has 1 atom stereocenters. The minimum absolute atomic E-state index is 0.258. The van der Waals surface area contributed by atoms with E-state index in [4.69, 9.17) is 17.3 Å². The summed E-state index contributed by atoms with van der Waals surface area (Å²) in [6, 6.07) is 5.69. The van der Waals surface area contributed by atoms with Crippen LogP contribution in [0.25, 0.3) is 11.4 Å². The molecule has 1 saturated carbocycles. The van der Waals surface area contributed by atoms with Crippen molar-refractivity contribution in [3.8, 4) is 11.4 Å². The average molecular weight is 278 g/mol. The zero-order valence-electron chi connectivity index (χ0n) is 10.8. The van der Waals surface area contributed by atoms with Gasteiger partial charge < -0.3 is 5.73 Å². The van der Waals surface area contributed by atoms with Crippen molar-refractivity contribution in [3.05, 3.63) is 23.2 Å². The Balaban J connectivity index is 1.98. The van der Waals surface area contributed by atoms with Crippen LogP contribution >= 0.6 is 11.6 Å². The third-order valence-corrected chi connectivity index (χ3v) is 3.87. The average Bonchev–Trinajstić information content (AvgIpc) is 3.04. The Morgan fingerprint density at radius 3 is 2.95 bits per heavy atom. The van der Waals surface area contributed by atoms with Crippen LogP contribution in [0.3, 0.4) is 0 Å². The number of anilines is 1. The molecule has 0 saturated heterocycles. The summed E-state index contributed by atoms with van der Waals surface area (Å²) in [5.74, 6) is 1.46. The number of benzene rings is 1. The molecule has 1 fully saturated rings. The third kappa shape index (κ3) is 2.42. The van der Waals surface area contributed by atoms with Crippen LogP contribution in [0.2, 0.25) is 5.02 Å². The van der Waals surface area contributed by atoms with Gasteiger partial charge in [0, 0.05) is 5.69 Å². The molecule has 19 heavy (non-hydrogen) atoms. The molecule has 0 radical (unpaired) electrons. The number of nitrogen functional groups attached to an aromatic ring is 1. The lowest BCUT2D eigenvalue weighted by Gasteiger charge is -2.14. The molecular weight excluding hydrogens is 262 g/mol. The molecule has 5 nitrogen and oxygen atoms in total. The second kappa shape index (κ2) is 4.81. The lowest BCUT2D eigenvalue weighted by molar-refractivity contribution is 0.430. The number of tetrazole rings is 1. The van der Waals surface area contributed by atoms with Crippen LogP contribution < -0.4 is 5.73 Å². The number of nitrogens with two attached hydrogens (primary N) is 1. The van der Waals surface area contributed by atoms with Gasteiger partial charge in [0.2, 0.25) is 0 Å². The molecule has 1 aliphatic carbocycles. The van der Waals surface area contributed by atoms with Gasteiger partial charge in [-0.2, -0.15) is 0 Å². The van der Waals surface area contributed by atoms with Gasteiger partial charge in [-0.25, -0.2) is 4.68 Å². The highest BCUT2D eigenvalue weighted by Gasteiger charge is 2.27. The Kier molecular flexibility index (Phi) is 3.14. The fourth-order valence-electron chi connectivity index (χ4n) is 2.37. The van der Waals surface area contributed by atoms with Crippen molar-refractivity contribution in [3.63, 3.8) is 0 Å². The molecule has 0 bridgehead atoms. The number of aromatic nitrogens is 4. The molecule has 1 heterocycles. The van der Waals surface area contributed by atoms with Gasteiger partial charge >= 0.3 is 0 Å². The molecule has 6 heteroatoms. The molecule has 3 rings (SSSR count). The summed E-state index contributed by atoms with van der Waals surface area (Å²) in [6.07, 6.45) is 3.73. The molecule has 1 aliphatic rings. The highest BCUT2D eigenvalue weighted by Crippen LogP contribution is 2.38. The summed E-state index contributed by atoms with van der Waals surface area (Å²) < 4.78 is 1.83. The van der Waals surface area contributed by atoms with E-state index in [2.05, 4.69) is 22.4 Å². The molecule has 1 aromatic heterocycles. The standard InChI is InChI=1S/C13H16ClN5/c1-8(7-9-5-6-9)19-13(16-17-18-19)12-10(14)3-2-4-11(12)15/h2-4,8-9H,5-7,15H2,1H3. The largest absolute Gasteiger partial charge is 0.398 e. The van der Waals surface area contributed by atoms with E-state index in [1.54, 1.807) is 6.07 Å². The monoisotopic (exact) mass is 277 g/mol. The fourth-order valence-corrected chi connectivity index (χ4v) is 2.63. The van der Waals surface area contributed by atoms with E-state index in [1.165, 1.54) is 12.8 Å². The Hall–Kier alpha value is -1.62. The predicted molar refractivity (Wildman–Crippen MR) is 74.7 cm³/mol. The van der Waals surface area contributed by atoms with E-state index in [-0.39, 0.29) is 6.04 Å². The van der Waals surface area contributed by atoms with Crippen molar-refractivity contribution >= 4 is 17.3 Å². The zero-order valence-corrected chi connectivity index (χ0v) is 11.5. The maximum absolute atomic E-state index is 6.23. The molecule has 0 spiro atoms. The van der Waals surface area contributed by atoms with E-state index >= 15 is 0 Å². The van der Waals surface area contributed by atoms with Crippen LogP contribution in [0, 0.1) is 5.92 Å². The summed E-state index contributed by atoms with van der Waals surface area (Å²) in [5.41, 5.74) is 7.32. The smallest absolute Gasteiger partial charge is 0.185 e. The number of hydrogen-bond acceptors (Lipinski definition) is 4. The van der Waals surface area contributed by atoms with Gasteiger partial charge in [-0.05, 0) is 41.8 Å². The van der Waals surface area contributed by atoms with E-state index < -0.39 is 0 Å². The van der Waals surface area contributed by atoms with E-state index in [0.29, 0.717) is 16.5 Å². The summed E-state index contributed by atoms with van der Waals surface area (Å²) in [7, 11) is 0. The second-order valence-corrected chi connectivity index (χ2v) is 5.59. The van der Waals surface area contributed by atoms with Crippen LogP contribution in [-0.2, 0) is 0 Å². The SMILES string of the molecule is CC(CC1CC1)n1nnnc1-c1c(N)cccc1Cl. The number of hydrogen-bond donors (Lipinski definition) is 1. The van der Waals surface area contributed by atoms with Crippen molar-refractivity contribution in [1.82, 2.24) is 20.2 Å². The van der Waals surface area contributed by atoms with Crippen molar-refractivity contribution in [2.75, 3.05) is 5.73 Å². The van der Waals surface area contributed by atoms with Gasteiger partial charge in [-0.15, -0.1) is 5.10 Å². The lowest BCUT2D eigenvalue weighted by Crippen LogP contribution is -2.10. The van der Waals surface area contributed by atoms with Gasteiger partial charge in [-0.3, -0.25) is 0 Å². The minimum atomic E-state index is 0.258. The van der Waals surface area contributed by atoms with Crippen molar-refractivity contribution < 1.29 is 0 Å². The van der Waals surface area contributed by atoms with Gasteiger partial charge in [0.1, 0.15) is 0 Å². The molecule has 2 N–H and O–H groups in total. The molecule has 1 unspecified atom stereocenters. The first-order chi connectivity index (χ1) is 9.16. The Morgan fingerprint density at radius 1 is 1.47 bits per heavy atom. The quantitative estimate of drug-likeness (QED) is 0.873. The van der Waals surface area contributed by atoms with Gasteiger partial charge in [0.05, 0.1) is 16.6 Å². The van der Waals surface area contributed by atoms with Crippen LogP contribution in [-0.4, -0.2) is 20.2 Å². The maximum atomic E-state index is 6.23. The van der Waals surface area contributed by atoms with Crippen LogP contribution in [0.4, 0.5) is 5.69 Å². The summed E-state index contributed by atoms with van der Waals surface area (Å²) >= 11 is 6.23. The van der Waals surface area contributed by atoms with Gasteiger partial charge in [-0.1, -0.05) is 30.5 Å². The van der Waals surface area contributed by atoms with E-state index in [0.717, 1.165) is 17.9 Å². The first kappa shape index (κ1) is 12.4. The topological polar surface area (TPSA) is 69.6 Å². The fraction of sp³-hybridized carbons (Fsp3) is 0.462. The summed E-state index contributed by atoms with van der Waals surface area (Å²) in [6.45, 7) is 2.13. The number of halogens is 1. The molecule has 0 amide bonds. The Labute approximate surface area is 116 Å². The lowest BCUT2D eigenvalue weighted by atomic mass is 10.1. The van der Waals surface area contributed by atoms with Crippen molar-refractivity contribution in [2.24, 2.45) is 5.92 Å². The Bertz CT molecular complexity index is 570. The number of rotatable bonds is 4. The van der Waals surface area contributed by atoms with Crippen LogP contribution in [0.5, 0.6) is 0 Å². The highest BCUT2D eigenvalue weighted by molar-refractivity contribution is 6.33. The first-order valence-electron chi connectivity index (χ1n) is 6.49. The van der Waals surface area contributed by atoms with Crippen molar-refractivity contribution in [1.29, 1.82) is 0 Å². The summed E-state index contributed by atoms with van der Waals surface area (Å²) in [4.78, 5) is 0. The van der Waals surface area contributed by atoms with Crippen LogP contribution in [0.1, 0.15) is 32.2 Å². The van der Waals surface area contributed by atoms with Gasteiger partial charge in [0.25, 0.3) is 0 Å². The molecule has 1 aromatic carbocycles. The van der Waals surface area contributed by atoms with E-state index in [9.17, 15) is 0 Å². The third-order valence-electron chi connectivity index (χ3n) is 3.55. The molecule has 2 aromatic rings. The normalized spacial score (nSPS) is 16.5. The Morgan fingerprint density at radius 2 is 2.26 bits per heavy atom. The molecular formula is C13H16ClN5. The molecule has 100 valence electrons. The van der Waals surface area contributed by atoms with Gasteiger partial charge in [0.15, 0.2) is 5.82 Å². The zero-order chi connectivity index (χ0) is 13.4. The predicted octanol–water partition coefficient (Wildman–Crippen LogP) is 2.94. The number of nitrogens with zero attached hydrogens (tertiary/aromatic N) is 4. The second-order valence-electron chi connectivity index (χ2n) is 5.18. The molecule has 0 aliphatic heterocycles. The van der Waals surface area contributed by atoms with Crippen molar-refractivity contribution in [2.45, 2.75) is 32.2 Å². The maximum Gasteiger partial charge on any atom is 0.185 e.